The van der Waals surface area contributed by atoms with Crippen molar-refractivity contribution in [3.63, 3.8) is 0 Å². The van der Waals surface area contributed by atoms with Gasteiger partial charge in [0.15, 0.2) is 15.6 Å². The van der Waals surface area contributed by atoms with Gasteiger partial charge < -0.3 is 4.74 Å². The molecule has 1 aromatic carbocycles. The molecule has 1 aromatic rings. The van der Waals surface area contributed by atoms with E-state index in [9.17, 15) is 13.2 Å². The van der Waals surface area contributed by atoms with Crippen molar-refractivity contribution in [2.45, 2.75) is 19.1 Å². The van der Waals surface area contributed by atoms with E-state index in [0.29, 0.717) is 19.6 Å². The maximum Gasteiger partial charge on any atom is 0.161 e. The summed E-state index contributed by atoms with van der Waals surface area (Å²) < 4.78 is 29.1. The fourth-order valence-electron chi connectivity index (χ4n) is 2.23. The standard InChI is InChI=1S/C14H18O4S/c1-11-3-2-4-12(7-11)9-19(16,17)10-14(15)13-5-6-18-8-13/h2-4,7,13H,5-6,8-10H2,1H3. The van der Waals surface area contributed by atoms with Gasteiger partial charge in [-0.15, -0.1) is 0 Å². The second-order valence-electron chi connectivity index (χ2n) is 5.05. The highest BCUT2D eigenvalue weighted by molar-refractivity contribution is 7.91. The third-order valence-electron chi connectivity index (χ3n) is 3.22. The Kier molecular flexibility index (Phi) is 4.37. The fraction of sp³-hybridized carbons (Fsp3) is 0.500. The van der Waals surface area contributed by atoms with Crippen molar-refractivity contribution in [3.8, 4) is 0 Å². The molecule has 1 atom stereocenters. The maximum atomic E-state index is 12.0. The third kappa shape index (κ3) is 4.14. The Morgan fingerprint density at radius 3 is 2.84 bits per heavy atom. The zero-order chi connectivity index (χ0) is 13.9. The molecular formula is C14H18O4S. The number of ketones is 1. The Balaban J connectivity index is 2.00. The van der Waals surface area contributed by atoms with E-state index >= 15 is 0 Å². The smallest absolute Gasteiger partial charge is 0.161 e. The highest BCUT2D eigenvalue weighted by atomic mass is 32.2. The third-order valence-corrected chi connectivity index (χ3v) is 4.71. The summed E-state index contributed by atoms with van der Waals surface area (Å²) in [6.07, 6.45) is 0.638. The molecule has 0 aliphatic carbocycles. The van der Waals surface area contributed by atoms with Crippen LogP contribution < -0.4 is 0 Å². The van der Waals surface area contributed by atoms with Gasteiger partial charge in [-0.05, 0) is 18.9 Å². The predicted octanol–water partition coefficient (Wildman–Crippen LogP) is 1.52. The Morgan fingerprint density at radius 2 is 2.21 bits per heavy atom. The van der Waals surface area contributed by atoms with E-state index in [0.717, 1.165) is 11.1 Å². The van der Waals surface area contributed by atoms with Crippen LogP contribution in [0.4, 0.5) is 0 Å². The number of hydrogen-bond donors (Lipinski definition) is 0. The Morgan fingerprint density at radius 1 is 1.42 bits per heavy atom. The summed E-state index contributed by atoms with van der Waals surface area (Å²) in [6, 6.07) is 7.35. The highest BCUT2D eigenvalue weighted by Crippen LogP contribution is 2.16. The van der Waals surface area contributed by atoms with Gasteiger partial charge >= 0.3 is 0 Å². The molecule has 1 unspecified atom stereocenters. The minimum absolute atomic E-state index is 0.0754. The molecule has 5 heteroatoms. The van der Waals surface area contributed by atoms with Gasteiger partial charge in [0.05, 0.1) is 12.4 Å². The van der Waals surface area contributed by atoms with E-state index in [1.165, 1.54) is 0 Å². The summed E-state index contributed by atoms with van der Waals surface area (Å²) in [5.74, 6) is -0.916. The number of hydrogen-bond acceptors (Lipinski definition) is 4. The van der Waals surface area contributed by atoms with Gasteiger partial charge in [-0.3, -0.25) is 4.79 Å². The predicted molar refractivity (Wildman–Crippen MR) is 72.6 cm³/mol. The van der Waals surface area contributed by atoms with Crippen LogP contribution in [-0.2, 0) is 25.1 Å². The molecular weight excluding hydrogens is 264 g/mol. The number of aryl methyl sites for hydroxylation is 1. The molecule has 1 fully saturated rings. The van der Waals surface area contributed by atoms with E-state index < -0.39 is 9.84 Å². The van der Waals surface area contributed by atoms with Gasteiger partial charge in [-0.2, -0.15) is 0 Å². The van der Waals surface area contributed by atoms with Crippen LogP contribution in [0.25, 0.3) is 0 Å². The van der Waals surface area contributed by atoms with Crippen LogP contribution in [0.1, 0.15) is 17.5 Å². The average Bonchev–Trinajstić information content (AvgIpc) is 2.80. The topological polar surface area (TPSA) is 60.4 Å². The lowest BCUT2D eigenvalue weighted by molar-refractivity contribution is -0.120. The van der Waals surface area contributed by atoms with Crippen LogP contribution in [-0.4, -0.2) is 33.2 Å². The summed E-state index contributed by atoms with van der Waals surface area (Å²) >= 11 is 0. The second-order valence-corrected chi connectivity index (χ2v) is 7.11. The lowest BCUT2D eigenvalue weighted by Gasteiger charge is -2.08. The van der Waals surface area contributed by atoms with E-state index in [1.54, 1.807) is 6.07 Å². The van der Waals surface area contributed by atoms with Crippen molar-refractivity contribution in [1.29, 1.82) is 0 Å². The average molecular weight is 282 g/mol. The van der Waals surface area contributed by atoms with Gasteiger partial charge in [0, 0.05) is 12.5 Å². The van der Waals surface area contributed by atoms with Crippen LogP contribution in [0, 0.1) is 12.8 Å². The van der Waals surface area contributed by atoms with E-state index in [4.69, 9.17) is 4.74 Å². The molecule has 0 aromatic heterocycles. The molecule has 0 N–H and O–H groups in total. The van der Waals surface area contributed by atoms with E-state index in [2.05, 4.69) is 0 Å². The largest absolute Gasteiger partial charge is 0.381 e. The molecule has 0 radical (unpaired) electrons. The molecule has 104 valence electrons. The van der Waals surface area contributed by atoms with E-state index in [-0.39, 0.29) is 23.2 Å². The number of Topliss-reactive ketones (excluding diaryl/α,β-unsaturated/α-hetero) is 1. The van der Waals surface area contributed by atoms with Crippen molar-refractivity contribution < 1.29 is 17.9 Å². The molecule has 1 saturated heterocycles. The number of sulfone groups is 1. The first-order valence-electron chi connectivity index (χ1n) is 6.33. The molecule has 1 aliphatic rings. The van der Waals surface area contributed by atoms with Crippen LogP contribution >= 0.6 is 0 Å². The Labute approximate surface area is 113 Å². The molecule has 0 spiro atoms. The first kappa shape index (κ1) is 14.2. The number of ether oxygens (including phenoxy) is 1. The van der Waals surface area contributed by atoms with E-state index in [1.807, 2.05) is 25.1 Å². The molecule has 19 heavy (non-hydrogen) atoms. The molecule has 4 nitrogen and oxygen atoms in total. The van der Waals surface area contributed by atoms with Crippen LogP contribution in [0.2, 0.25) is 0 Å². The summed E-state index contributed by atoms with van der Waals surface area (Å²) in [4.78, 5) is 11.9. The van der Waals surface area contributed by atoms with Gasteiger partial charge in [0.2, 0.25) is 0 Å². The molecule has 1 aliphatic heterocycles. The first-order chi connectivity index (χ1) is 8.96. The minimum atomic E-state index is -3.39. The Hall–Kier alpha value is -1.20. The molecule has 2 rings (SSSR count). The second kappa shape index (κ2) is 5.84. The van der Waals surface area contributed by atoms with Crippen molar-refractivity contribution in [3.05, 3.63) is 35.4 Å². The van der Waals surface area contributed by atoms with Crippen LogP contribution in [0.5, 0.6) is 0 Å². The van der Waals surface area contributed by atoms with Crippen LogP contribution in [0.15, 0.2) is 24.3 Å². The van der Waals surface area contributed by atoms with Gasteiger partial charge in [0.1, 0.15) is 5.75 Å². The normalized spacial score (nSPS) is 19.5. The first-order valence-corrected chi connectivity index (χ1v) is 8.15. The van der Waals surface area contributed by atoms with Crippen molar-refractivity contribution in [1.82, 2.24) is 0 Å². The molecule has 0 saturated carbocycles. The zero-order valence-electron chi connectivity index (χ0n) is 11.0. The molecule has 0 bridgehead atoms. The van der Waals surface area contributed by atoms with Crippen LogP contribution in [0.3, 0.4) is 0 Å². The summed E-state index contributed by atoms with van der Waals surface area (Å²) in [7, 11) is -3.39. The maximum absolute atomic E-state index is 12.0. The number of carbonyl (C=O) groups is 1. The lowest BCUT2D eigenvalue weighted by Crippen LogP contribution is -2.24. The van der Waals surface area contributed by atoms with Gasteiger partial charge in [-0.25, -0.2) is 8.42 Å². The number of benzene rings is 1. The summed E-state index contributed by atoms with van der Waals surface area (Å²) in [6.45, 7) is 2.82. The van der Waals surface area contributed by atoms with Gasteiger partial charge in [-0.1, -0.05) is 29.8 Å². The highest BCUT2D eigenvalue weighted by Gasteiger charge is 2.27. The SMILES string of the molecule is Cc1cccc(CS(=O)(=O)CC(=O)C2CCOC2)c1. The Bertz CT molecular complexity index is 557. The fourth-order valence-corrected chi connectivity index (χ4v) is 3.69. The summed E-state index contributed by atoms with van der Waals surface area (Å²) in [5.41, 5.74) is 1.75. The molecule has 0 amide bonds. The van der Waals surface area contributed by atoms with Gasteiger partial charge in [0.25, 0.3) is 0 Å². The lowest BCUT2D eigenvalue weighted by atomic mass is 10.1. The van der Waals surface area contributed by atoms with Crippen molar-refractivity contribution in [2.75, 3.05) is 19.0 Å². The monoisotopic (exact) mass is 282 g/mol. The summed E-state index contributed by atoms with van der Waals surface area (Å²) in [5, 5.41) is 0. The number of rotatable bonds is 5. The molecule has 1 heterocycles. The number of carbonyl (C=O) groups excluding carboxylic acids is 1. The quantitative estimate of drug-likeness (QED) is 0.821. The van der Waals surface area contributed by atoms with Crippen molar-refractivity contribution >= 4 is 15.6 Å². The van der Waals surface area contributed by atoms with Crippen molar-refractivity contribution in [2.24, 2.45) is 5.92 Å². The zero-order valence-corrected chi connectivity index (χ0v) is 11.8. The minimum Gasteiger partial charge on any atom is -0.381 e.